The van der Waals surface area contributed by atoms with Gasteiger partial charge in [0.2, 0.25) is 0 Å². The standard InChI is InChI=1S/C33H32N2O2/c1-3-37-31-32(36)35(30(27-20-12-6-13-21-27)28-22-14-7-15-23-28)33(31,2)24-34-29(25-16-8-4-9-17-25)26-18-10-5-11-19-26/h4-24,29-31H,3H2,1-2H3/t31-,33-/m0/s1. The van der Waals surface area contributed by atoms with Gasteiger partial charge in [-0.05, 0) is 36.1 Å². The SMILES string of the molecule is CCO[C@H]1C(=O)N(C(c2ccccc2)c2ccccc2)[C@@]1(C)C=NC(c1ccccc1)c1ccccc1. The number of hydrogen-bond donors (Lipinski definition) is 0. The Kier molecular flexibility index (Phi) is 7.29. The Morgan fingerprint density at radius 3 is 1.57 bits per heavy atom. The first-order valence-electron chi connectivity index (χ1n) is 12.8. The van der Waals surface area contributed by atoms with Crippen LogP contribution in [-0.2, 0) is 9.53 Å². The summed E-state index contributed by atoms with van der Waals surface area (Å²) in [5.74, 6) is -0.0236. The van der Waals surface area contributed by atoms with Gasteiger partial charge in [-0.15, -0.1) is 0 Å². The Morgan fingerprint density at radius 1 is 0.757 bits per heavy atom. The Hall–Kier alpha value is -4.02. The molecule has 37 heavy (non-hydrogen) atoms. The van der Waals surface area contributed by atoms with Crippen molar-refractivity contribution in [2.45, 2.75) is 37.6 Å². The molecule has 4 heteroatoms. The first-order chi connectivity index (χ1) is 18.1. The van der Waals surface area contributed by atoms with Gasteiger partial charge in [0.1, 0.15) is 5.54 Å². The molecule has 0 unspecified atom stereocenters. The van der Waals surface area contributed by atoms with Crippen LogP contribution >= 0.6 is 0 Å². The first-order valence-corrected chi connectivity index (χ1v) is 12.8. The minimum atomic E-state index is -0.731. The summed E-state index contributed by atoms with van der Waals surface area (Å²) in [6, 6.07) is 40.5. The molecule has 4 aromatic rings. The lowest BCUT2D eigenvalue weighted by atomic mass is 9.78. The fourth-order valence-corrected chi connectivity index (χ4v) is 5.24. The Labute approximate surface area is 219 Å². The summed E-state index contributed by atoms with van der Waals surface area (Å²) in [5.41, 5.74) is 3.58. The number of likely N-dealkylation sites (tertiary alicyclic amines) is 1. The molecule has 4 aromatic carbocycles. The molecule has 0 bridgehead atoms. The topological polar surface area (TPSA) is 41.9 Å². The molecule has 0 saturated carbocycles. The highest BCUT2D eigenvalue weighted by molar-refractivity contribution is 6.00. The van der Waals surface area contributed by atoms with Crippen molar-refractivity contribution >= 4 is 12.1 Å². The van der Waals surface area contributed by atoms with Crippen molar-refractivity contribution in [2.24, 2.45) is 4.99 Å². The normalized spacial score (nSPS) is 19.5. The largest absolute Gasteiger partial charge is 0.366 e. The zero-order valence-corrected chi connectivity index (χ0v) is 21.3. The fourth-order valence-electron chi connectivity index (χ4n) is 5.24. The summed E-state index contributed by atoms with van der Waals surface area (Å²) in [5, 5.41) is 0. The van der Waals surface area contributed by atoms with Crippen molar-refractivity contribution in [3.05, 3.63) is 144 Å². The summed E-state index contributed by atoms with van der Waals surface area (Å²) in [4.78, 5) is 20.8. The van der Waals surface area contributed by atoms with E-state index in [1.165, 1.54) is 0 Å². The number of carbonyl (C=O) groups excluding carboxylic acids is 1. The monoisotopic (exact) mass is 488 g/mol. The van der Waals surface area contributed by atoms with Gasteiger partial charge >= 0.3 is 0 Å². The molecule has 0 aromatic heterocycles. The molecule has 4 nitrogen and oxygen atoms in total. The van der Waals surface area contributed by atoms with Crippen LogP contribution in [0.15, 0.2) is 126 Å². The van der Waals surface area contributed by atoms with Crippen LogP contribution in [0.3, 0.4) is 0 Å². The molecule has 1 amide bonds. The second kappa shape index (κ2) is 10.9. The van der Waals surface area contributed by atoms with Crippen molar-refractivity contribution in [2.75, 3.05) is 6.61 Å². The number of hydrogen-bond acceptors (Lipinski definition) is 3. The van der Waals surface area contributed by atoms with E-state index in [0.29, 0.717) is 6.61 Å². The Bertz CT molecular complexity index is 1250. The molecule has 2 atom stereocenters. The maximum absolute atomic E-state index is 13.7. The molecule has 0 aliphatic carbocycles. The van der Waals surface area contributed by atoms with E-state index < -0.39 is 11.6 Å². The fraction of sp³-hybridized carbons (Fsp3) is 0.212. The van der Waals surface area contributed by atoms with Gasteiger partial charge in [0.25, 0.3) is 5.91 Å². The highest BCUT2D eigenvalue weighted by Crippen LogP contribution is 2.44. The molecular formula is C33H32N2O2. The molecule has 0 spiro atoms. The third-order valence-corrected chi connectivity index (χ3v) is 7.05. The molecule has 1 fully saturated rings. The molecule has 0 radical (unpaired) electrons. The number of aliphatic imine (C=N–C) groups is 1. The van der Waals surface area contributed by atoms with Crippen molar-refractivity contribution in [1.29, 1.82) is 0 Å². The third kappa shape index (κ3) is 4.85. The van der Waals surface area contributed by atoms with Gasteiger partial charge in [0.05, 0.1) is 12.1 Å². The average molecular weight is 489 g/mol. The van der Waals surface area contributed by atoms with E-state index in [-0.39, 0.29) is 18.0 Å². The minimum Gasteiger partial charge on any atom is -0.366 e. The van der Waals surface area contributed by atoms with Gasteiger partial charge in [-0.3, -0.25) is 9.79 Å². The van der Waals surface area contributed by atoms with Crippen molar-refractivity contribution in [3.63, 3.8) is 0 Å². The number of benzene rings is 4. The number of carbonyl (C=O) groups is 1. The molecule has 1 heterocycles. The van der Waals surface area contributed by atoms with Crippen molar-refractivity contribution in [1.82, 2.24) is 4.90 Å². The maximum atomic E-state index is 13.7. The zero-order chi connectivity index (χ0) is 25.7. The van der Waals surface area contributed by atoms with Crippen molar-refractivity contribution < 1.29 is 9.53 Å². The van der Waals surface area contributed by atoms with Gasteiger partial charge in [-0.1, -0.05) is 121 Å². The van der Waals surface area contributed by atoms with E-state index in [9.17, 15) is 4.79 Å². The van der Waals surface area contributed by atoms with Crippen LogP contribution in [0.25, 0.3) is 0 Å². The van der Waals surface area contributed by atoms with E-state index in [0.717, 1.165) is 22.3 Å². The molecule has 0 N–H and O–H groups in total. The average Bonchev–Trinajstić information content (AvgIpc) is 2.96. The zero-order valence-electron chi connectivity index (χ0n) is 21.3. The van der Waals surface area contributed by atoms with Crippen LogP contribution in [0.5, 0.6) is 0 Å². The number of amides is 1. The van der Waals surface area contributed by atoms with E-state index >= 15 is 0 Å². The highest BCUT2D eigenvalue weighted by atomic mass is 16.5. The van der Waals surface area contributed by atoms with Gasteiger partial charge in [-0.2, -0.15) is 0 Å². The smallest absolute Gasteiger partial charge is 0.256 e. The predicted octanol–water partition coefficient (Wildman–Crippen LogP) is 6.64. The maximum Gasteiger partial charge on any atom is 0.256 e. The highest BCUT2D eigenvalue weighted by Gasteiger charge is 2.60. The van der Waals surface area contributed by atoms with Gasteiger partial charge in [-0.25, -0.2) is 0 Å². The molecule has 186 valence electrons. The van der Waals surface area contributed by atoms with E-state index in [1.54, 1.807) is 0 Å². The van der Waals surface area contributed by atoms with Crippen LogP contribution in [0.2, 0.25) is 0 Å². The summed E-state index contributed by atoms with van der Waals surface area (Å²) < 4.78 is 6.02. The summed E-state index contributed by atoms with van der Waals surface area (Å²) in [7, 11) is 0. The quantitative estimate of drug-likeness (QED) is 0.196. The van der Waals surface area contributed by atoms with Crippen LogP contribution in [-0.4, -0.2) is 35.3 Å². The summed E-state index contributed by atoms with van der Waals surface area (Å²) >= 11 is 0. The third-order valence-electron chi connectivity index (χ3n) is 7.05. The van der Waals surface area contributed by atoms with E-state index in [2.05, 4.69) is 55.5 Å². The number of ether oxygens (including phenoxy) is 1. The first kappa shape index (κ1) is 24.7. The summed E-state index contributed by atoms with van der Waals surface area (Å²) in [6.07, 6.45) is 1.35. The summed E-state index contributed by atoms with van der Waals surface area (Å²) in [6.45, 7) is 4.44. The van der Waals surface area contributed by atoms with E-state index in [4.69, 9.17) is 9.73 Å². The number of β-lactam (4-membered cyclic amide) rings is 1. The minimum absolute atomic E-state index is 0.0236. The molecular weight excluding hydrogens is 456 g/mol. The second-order valence-electron chi connectivity index (χ2n) is 9.50. The number of rotatable bonds is 9. The molecule has 1 aliphatic heterocycles. The van der Waals surface area contributed by atoms with Gasteiger partial charge in [0, 0.05) is 12.8 Å². The lowest BCUT2D eigenvalue weighted by molar-refractivity contribution is -0.184. The number of nitrogens with zero attached hydrogens (tertiary/aromatic N) is 2. The lowest BCUT2D eigenvalue weighted by Crippen LogP contribution is -2.75. The van der Waals surface area contributed by atoms with Crippen molar-refractivity contribution in [3.8, 4) is 0 Å². The predicted molar refractivity (Wildman–Crippen MR) is 149 cm³/mol. The molecule has 5 rings (SSSR count). The lowest BCUT2D eigenvalue weighted by Gasteiger charge is -2.56. The Morgan fingerprint density at radius 2 is 1.16 bits per heavy atom. The van der Waals surface area contributed by atoms with Gasteiger partial charge < -0.3 is 9.64 Å². The van der Waals surface area contributed by atoms with Gasteiger partial charge in [0.15, 0.2) is 6.10 Å². The van der Waals surface area contributed by atoms with E-state index in [1.807, 2.05) is 90.8 Å². The van der Waals surface area contributed by atoms with Crippen LogP contribution in [0.4, 0.5) is 0 Å². The Balaban J connectivity index is 1.59. The van der Waals surface area contributed by atoms with Crippen LogP contribution in [0.1, 0.15) is 48.2 Å². The van der Waals surface area contributed by atoms with Crippen LogP contribution in [0, 0.1) is 0 Å². The second-order valence-corrected chi connectivity index (χ2v) is 9.50. The molecule has 1 saturated heterocycles. The molecule has 1 aliphatic rings. The van der Waals surface area contributed by atoms with Crippen LogP contribution < -0.4 is 0 Å².